The van der Waals surface area contributed by atoms with Gasteiger partial charge in [-0.2, -0.15) is 0 Å². The minimum Gasteiger partial charge on any atom is -0.480 e. The lowest BCUT2D eigenvalue weighted by Gasteiger charge is -2.44. The number of nitrogens with one attached hydrogen (secondary N) is 13. The summed E-state index contributed by atoms with van der Waals surface area (Å²) in [6.07, 6.45) is 26.3. The summed E-state index contributed by atoms with van der Waals surface area (Å²) in [4.78, 5) is 209. The van der Waals surface area contributed by atoms with Crippen molar-refractivity contribution in [2.45, 2.75) is 453 Å². The molecule has 0 aromatic rings. The number of rotatable bonds is 51. The highest BCUT2D eigenvalue weighted by Gasteiger charge is 2.55. The van der Waals surface area contributed by atoms with Gasteiger partial charge in [0.2, 0.25) is 76.8 Å². The van der Waals surface area contributed by atoms with Crippen molar-refractivity contribution in [3.63, 3.8) is 0 Å². The van der Waals surface area contributed by atoms with Crippen LogP contribution in [0.1, 0.15) is 372 Å². The molecule has 28 N–H and O–H groups in total. The predicted octanol–water partition coefficient (Wildman–Crippen LogP) is 4.15. The van der Waals surface area contributed by atoms with Gasteiger partial charge in [0.15, 0.2) is 0 Å². The van der Waals surface area contributed by atoms with Gasteiger partial charge in [-0.15, -0.1) is 0 Å². The van der Waals surface area contributed by atoms with Crippen molar-refractivity contribution in [2.24, 2.45) is 40.1 Å². The minimum absolute atomic E-state index is 0.0870. The van der Waals surface area contributed by atoms with Gasteiger partial charge in [0, 0.05) is 0 Å². The summed E-state index contributed by atoms with van der Waals surface area (Å²) in [6.45, 7) is 1.82. The van der Waals surface area contributed by atoms with Gasteiger partial charge in [-0.05, 0) is 258 Å². The highest BCUT2D eigenvalue weighted by Crippen LogP contribution is 2.40. The first kappa shape index (κ1) is 105. The molecule has 0 aromatic heterocycles. The number of hydrogen-bond donors (Lipinski definition) is 21. The fourth-order valence-corrected chi connectivity index (χ4v) is 21.0. The molecule has 8 rings (SSSR count). The Labute approximate surface area is 752 Å². The van der Waals surface area contributed by atoms with Crippen LogP contribution in [0.3, 0.4) is 0 Å². The Morgan fingerprint density at radius 2 is 0.378 bits per heavy atom. The lowest BCUT2D eigenvalue weighted by atomic mass is 9.76. The Morgan fingerprint density at radius 3 is 0.591 bits per heavy atom. The van der Waals surface area contributed by atoms with Gasteiger partial charge < -0.3 is 114 Å². The zero-order valence-corrected chi connectivity index (χ0v) is 76.4. The quantitative estimate of drug-likeness (QED) is 0.0380. The molecule has 0 spiro atoms. The normalized spacial score (nSPS) is 21.6. The smallest absolute Gasteiger partial charge is 0.326 e. The largest absolute Gasteiger partial charge is 0.480 e. The van der Waals surface area contributed by atoms with E-state index in [1.807, 2.05) is 0 Å². The molecule has 6 atom stereocenters. The molecule has 0 aliphatic heterocycles. The molecule has 0 heterocycles. The zero-order chi connectivity index (χ0) is 92.0. The van der Waals surface area contributed by atoms with Gasteiger partial charge in [0.1, 0.15) is 75.0 Å². The zero-order valence-electron chi connectivity index (χ0n) is 76.4. The third kappa shape index (κ3) is 29.4. The number of unbranched alkanes of at least 4 members (excludes halogenated alkanes) is 6. The Kier molecular flexibility index (Phi) is 42.7. The molecule has 35 nitrogen and oxygen atoms in total. The minimum atomic E-state index is -1.59. The molecular weight excluding hydrogens is 1630 g/mol. The number of aliphatic carboxylic acids is 1. The molecule has 127 heavy (non-hydrogen) atoms. The van der Waals surface area contributed by atoms with Crippen molar-refractivity contribution < 1.29 is 72.2 Å². The fourth-order valence-electron chi connectivity index (χ4n) is 21.0. The Morgan fingerprint density at radius 1 is 0.205 bits per heavy atom. The molecule has 35 heteroatoms. The summed E-state index contributed by atoms with van der Waals surface area (Å²) in [5.41, 5.74) is 30.8. The number of carbonyl (C=O) groups is 14. The number of carbonyl (C=O) groups excluding carboxylic acids is 13. The Hall–Kier alpha value is -7.70. The second-order valence-corrected chi connectivity index (χ2v) is 38.8. The lowest BCUT2D eigenvalue weighted by molar-refractivity contribution is -0.145. The molecule has 0 radical (unpaired) electrons. The SMILES string of the molecule is NCCCC[C@H](NC(=O)C1(NC(=O)C2(NC(=O)[C@H](CCCCN)NC(=O)[C@H](CCCCN)NC(=O)C3(NC(=O)C4(NC(=O)[C@H](CCCCN)NC(=O)C5(NC(=O)C6(NC(=O)[C@H](CCCCN)NC(=O)[C@H](CCCCN)NC(=O)C7(NC(=O)C8(N)CCCCC8)CCCCC7)CCCCC6)CCCCC5)CCCCC4)CCCCC3)CCCCC2)CCCCC1)C(=O)O. The predicted molar refractivity (Wildman–Crippen MR) is 484 cm³/mol. The van der Waals surface area contributed by atoms with E-state index in [-0.39, 0.29) is 141 Å². The first-order valence-corrected chi connectivity index (χ1v) is 49.4. The summed E-state index contributed by atoms with van der Waals surface area (Å²) in [7, 11) is 0. The first-order valence-electron chi connectivity index (χ1n) is 49.4. The maximum Gasteiger partial charge on any atom is 0.326 e. The second kappa shape index (κ2) is 51.8. The van der Waals surface area contributed by atoms with Crippen molar-refractivity contribution >= 4 is 82.8 Å². The second-order valence-electron chi connectivity index (χ2n) is 38.8. The molecule has 720 valence electrons. The van der Waals surface area contributed by atoms with E-state index in [4.69, 9.17) is 40.1 Å². The van der Waals surface area contributed by atoms with E-state index in [2.05, 4.69) is 69.1 Å². The van der Waals surface area contributed by atoms with Crippen LogP contribution in [0.2, 0.25) is 0 Å². The highest BCUT2D eigenvalue weighted by molar-refractivity contribution is 6.04. The Bertz CT molecular complexity index is 3580. The molecule has 8 saturated carbocycles. The summed E-state index contributed by atoms with van der Waals surface area (Å²) in [5, 5.41) is 49.8. The molecule has 0 unspecified atom stereocenters. The van der Waals surface area contributed by atoms with Gasteiger partial charge in [0.25, 0.3) is 0 Å². The first-order chi connectivity index (χ1) is 61.1. The van der Waals surface area contributed by atoms with Crippen LogP contribution in [0.5, 0.6) is 0 Å². The molecular formula is C92H162N20O15. The molecule has 8 aliphatic carbocycles. The van der Waals surface area contributed by atoms with E-state index in [1.54, 1.807) is 0 Å². The van der Waals surface area contributed by atoms with E-state index in [1.165, 1.54) is 0 Å². The maximum atomic E-state index is 15.8. The van der Waals surface area contributed by atoms with Crippen LogP contribution in [0.15, 0.2) is 0 Å². The number of carboxylic acid groups (broad SMARTS) is 1. The van der Waals surface area contributed by atoms with Crippen LogP contribution in [0, 0.1) is 0 Å². The summed E-state index contributed by atoms with van der Waals surface area (Å²) in [6, 6.07) is -7.31. The molecule has 0 aromatic carbocycles. The van der Waals surface area contributed by atoms with Crippen molar-refractivity contribution in [1.82, 2.24) is 69.1 Å². The maximum absolute atomic E-state index is 15.8. The van der Waals surface area contributed by atoms with Crippen molar-refractivity contribution in [3.8, 4) is 0 Å². The van der Waals surface area contributed by atoms with E-state index in [0.717, 1.165) is 64.2 Å². The number of nitrogens with two attached hydrogens (primary N) is 7. The van der Waals surface area contributed by atoms with Crippen LogP contribution in [-0.4, -0.2) is 208 Å². The van der Waals surface area contributed by atoms with Crippen molar-refractivity contribution in [1.29, 1.82) is 0 Å². The number of amides is 13. The topological polar surface area (TPSA) is 598 Å². The van der Waals surface area contributed by atoms with E-state index >= 15 is 43.2 Å². The van der Waals surface area contributed by atoms with E-state index < -0.39 is 157 Å². The number of hydrogen-bond acceptors (Lipinski definition) is 21. The van der Waals surface area contributed by atoms with Gasteiger partial charge in [0.05, 0.1) is 5.54 Å². The van der Waals surface area contributed by atoms with Crippen molar-refractivity contribution in [3.05, 3.63) is 0 Å². The lowest BCUT2D eigenvalue weighted by Crippen LogP contribution is -2.71. The third-order valence-electron chi connectivity index (χ3n) is 29.1. The summed E-state index contributed by atoms with van der Waals surface area (Å²) in [5.74, 6) is -9.01. The summed E-state index contributed by atoms with van der Waals surface area (Å²) < 4.78 is 0. The van der Waals surface area contributed by atoms with E-state index in [0.29, 0.717) is 212 Å². The molecule has 8 fully saturated rings. The van der Waals surface area contributed by atoms with Crippen LogP contribution in [-0.2, 0) is 67.1 Å². The van der Waals surface area contributed by atoms with Gasteiger partial charge in [-0.1, -0.05) is 154 Å². The van der Waals surface area contributed by atoms with Crippen LogP contribution < -0.4 is 109 Å². The van der Waals surface area contributed by atoms with Crippen molar-refractivity contribution in [2.75, 3.05) is 39.3 Å². The number of carboxylic acids is 1. The molecule has 8 aliphatic rings. The van der Waals surface area contributed by atoms with Crippen LogP contribution >= 0.6 is 0 Å². The van der Waals surface area contributed by atoms with E-state index in [9.17, 15) is 29.1 Å². The monoisotopic (exact) mass is 1790 g/mol. The third-order valence-corrected chi connectivity index (χ3v) is 29.1. The van der Waals surface area contributed by atoms with Crippen LogP contribution in [0.4, 0.5) is 0 Å². The Balaban J connectivity index is 0.994. The fraction of sp³-hybridized carbons (Fsp3) is 0.848. The molecule has 13 amide bonds. The van der Waals surface area contributed by atoms with Gasteiger partial charge in [-0.25, -0.2) is 4.79 Å². The highest BCUT2D eigenvalue weighted by atomic mass is 16.4. The summed E-state index contributed by atoms with van der Waals surface area (Å²) >= 11 is 0. The van der Waals surface area contributed by atoms with Crippen LogP contribution in [0.25, 0.3) is 0 Å². The van der Waals surface area contributed by atoms with Gasteiger partial charge in [-0.3, -0.25) is 62.3 Å². The standard InChI is InChI=1S/C92H162N20O15/c93-59-31-9-37-65(102-78(121)86(45-17-2-18-46-86)109-77(120)85(99)43-15-1-16-44-85)71(113)100-67(39-11-33-61-95)73(115)106-90(53-25-6-26-54-90)82(125)111-88(49-21-4-22-50-88)80(123)104-69(41-13-35-63-97)75(117)108-92(57-29-8-30-58-92)84(127)110-87(47-19-3-20-48-87)79(122)103-66(38-10-32-60-94)72(114)101-68(40-12-34-62-96)74(116)107-91(55-27-7-28-56-91)83(126)112-89(51-23-5-24-52-89)81(124)105-70(76(118)119)42-14-36-64-98/h65-70H,1-64,93-99H2,(H,100,113)(H,101,114)(H,102,121)(H,103,122)(H,104,123)(H,105,124)(H,106,115)(H,107,116)(H,108,117)(H,109,120)(H,110,127)(H,111,125)(H,112,126)(H,118,119)/t65-,66-,67-,68-,69-,70-/m0/s1. The molecule has 0 bridgehead atoms. The molecule has 0 saturated heterocycles. The average molecular weight is 1790 g/mol. The van der Waals surface area contributed by atoms with Gasteiger partial charge >= 0.3 is 5.97 Å². The average Bonchev–Trinajstić information content (AvgIpc) is 0.789.